The van der Waals surface area contributed by atoms with E-state index in [0.29, 0.717) is 18.7 Å². The number of hydrogen-bond acceptors (Lipinski definition) is 6. The Morgan fingerprint density at radius 2 is 2.05 bits per heavy atom. The maximum Gasteiger partial charge on any atom is 0.516 e. The molecule has 2 heterocycles. The number of rotatable bonds is 5. The second kappa shape index (κ2) is 5.91. The Kier molecular flexibility index (Phi) is 4.56. The molecule has 0 aliphatic heterocycles. The van der Waals surface area contributed by atoms with Crippen molar-refractivity contribution in [2.24, 2.45) is 5.73 Å². The van der Waals surface area contributed by atoms with Crippen molar-refractivity contribution in [2.75, 3.05) is 11.3 Å². The molecule has 0 aliphatic carbocycles. The van der Waals surface area contributed by atoms with Crippen LogP contribution >= 0.6 is 22.7 Å². The third-order valence-electron chi connectivity index (χ3n) is 2.34. The predicted molar refractivity (Wildman–Crippen MR) is 76.8 cm³/mol. The number of aromatic nitrogens is 1. The molecule has 116 valence electrons. The maximum atomic E-state index is 12.3. The number of sulfonamides is 1. The van der Waals surface area contributed by atoms with Gasteiger partial charge < -0.3 is 5.73 Å². The van der Waals surface area contributed by atoms with E-state index in [-0.39, 0.29) is 5.13 Å². The number of thiazole rings is 1. The van der Waals surface area contributed by atoms with E-state index in [2.05, 4.69) is 4.98 Å². The monoisotopic (exact) mass is 357 g/mol. The largest absolute Gasteiger partial charge is 0.516 e. The van der Waals surface area contributed by atoms with Crippen LogP contribution in [-0.2, 0) is 16.4 Å². The summed E-state index contributed by atoms with van der Waals surface area (Å²) in [6.07, 6.45) is 0.697. The molecule has 0 radical (unpaired) electrons. The van der Waals surface area contributed by atoms with Gasteiger partial charge in [-0.1, -0.05) is 0 Å². The van der Waals surface area contributed by atoms with Crippen molar-refractivity contribution in [1.29, 1.82) is 0 Å². The third-order valence-corrected chi connectivity index (χ3v) is 5.46. The molecule has 11 heteroatoms. The van der Waals surface area contributed by atoms with E-state index in [1.54, 1.807) is 6.07 Å². The molecule has 2 aromatic rings. The van der Waals surface area contributed by atoms with Crippen LogP contribution in [0.5, 0.6) is 0 Å². The average Bonchev–Trinajstić information content (AvgIpc) is 2.96. The number of hydrogen-bond donors (Lipinski definition) is 2. The molecule has 5 nitrogen and oxygen atoms in total. The summed E-state index contributed by atoms with van der Waals surface area (Å²) < 4.78 is 60.1. The quantitative estimate of drug-likeness (QED) is 0.861. The zero-order valence-corrected chi connectivity index (χ0v) is 12.8. The Labute approximate surface area is 126 Å². The van der Waals surface area contributed by atoms with Gasteiger partial charge >= 0.3 is 15.5 Å². The van der Waals surface area contributed by atoms with Crippen LogP contribution in [0, 0.1) is 0 Å². The number of halogens is 3. The highest BCUT2D eigenvalue weighted by atomic mass is 32.2. The van der Waals surface area contributed by atoms with Gasteiger partial charge in [0.05, 0.1) is 10.6 Å². The van der Waals surface area contributed by atoms with Crippen molar-refractivity contribution < 1.29 is 21.6 Å². The highest BCUT2D eigenvalue weighted by Gasteiger charge is 2.46. The minimum absolute atomic E-state index is 0.323. The lowest BCUT2D eigenvalue weighted by atomic mass is 10.3. The lowest BCUT2D eigenvalue weighted by molar-refractivity contribution is -0.0429. The first kappa shape index (κ1) is 16.2. The minimum atomic E-state index is -5.44. The van der Waals surface area contributed by atoms with Crippen LogP contribution < -0.4 is 10.5 Å². The molecule has 0 atom stereocenters. The van der Waals surface area contributed by atoms with Gasteiger partial charge in [0.15, 0.2) is 5.13 Å². The van der Waals surface area contributed by atoms with Gasteiger partial charge in [-0.05, 0) is 25.1 Å². The summed E-state index contributed by atoms with van der Waals surface area (Å²) in [5.41, 5.74) is 0.492. The summed E-state index contributed by atoms with van der Waals surface area (Å²) in [6, 6.07) is 3.62. The molecule has 0 fully saturated rings. The molecular formula is C10H10F3N3O2S3. The summed E-state index contributed by atoms with van der Waals surface area (Å²) >= 11 is 2.20. The number of anilines is 1. The van der Waals surface area contributed by atoms with E-state index < -0.39 is 15.5 Å². The summed E-state index contributed by atoms with van der Waals surface area (Å²) in [6.45, 7) is 0.494. The lowest BCUT2D eigenvalue weighted by Crippen LogP contribution is -2.29. The van der Waals surface area contributed by atoms with E-state index in [0.717, 1.165) is 21.1 Å². The van der Waals surface area contributed by atoms with Crippen LogP contribution in [0.2, 0.25) is 0 Å². The average molecular weight is 357 g/mol. The van der Waals surface area contributed by atoms with Crippen LogP contribution in [0.3, 0.4) is 0 Å². The SMILES string of the molecule is NCCc1ccc(-c2csc(NS(=O)(=O)C(F)(F)F)n2)s1. The van der Waals surface area contributed by atoms with Crippen molar-refractivity contribution in [2.45, 2.75) is 11.9 Å². The van der Waals surface area contributed by atoms with Crippen LogP contribution in [0.4, 0.5) is 18.3 Å². The number of thiophene rings is 1. The molecule has 0 saturated carbocycles. The number of alkyl halides is 3. The van der Waals surface area contributed by atoms with Crippen LogP contribution in [0.25, 0.3) is 10.6 Å². The molecule has 0 aliphatic rings. The van der Waals surface area contributed by atoms with E-state index in [1.807, 2.05) is 6.07 Å². The summed E-state index contributed by atoms with van der Waals surface area (Å²) in [7, 11) is -5.44. The Morgan fingerprint density at radius 3 is 2.67 bits per heavy atom. The molecule has 0 saturated heterocycles. The Balaban J connectivity index is 2.18. The van der Waals surface area contributed by atoms with Crippen LogP contribution in [0.15, 0.2) is 17.5 Å². The maximum absolute atomic E-state index is 12.3. The molecule has 21 heavy (non-hydrogen) atoms. The second-order valence-corrected chi connectivity index (χ2v) is 7.59. The normalized spacial score (nSPS) is 12.6. The van der Waals surface area contributed by atoms with Gasteiger partial charge in [-0.15, -0.1) is 22.7 Å². The molecule has 0 amide bonds. The molecule has 3 N–H and O–H groups in total. The fourth-order valence-electron chi connectivity index (χ4n) is 1.40. The first-order valence-electron chi connectivity index (χ1n) is 5.56. The lowest BCUT2D eigenvalue weighted by Gasteiger charge is -2.07. The number of nitrogens with zero attached hydrogens (tertiary/aromatic N) is 1. The fraction of sp³-hybridized carbons (Fsp3) is 0.300. The third kappa shape index (κ3) is 3.73. The molecule has 0 spiro atoms. The minimum Gasteiger partial charge on any atom is -0.330 e. The molecule has 0 aromatic carbocycles. The zero-order chi connectivity index (χ0) is 15.7. The summed E-state index contributed by atoms with van der Waals surface area (Å²) in [5.74, 6) is 0. The number of nitrogens with one attached hydrogen (secondary N) is 1. The van der Waals surface area contributed by atoms with E-state index in [4.69, 9.17) is 5.73 Å². The Hall–Kier alpha value is -1.17. The summed E-state index contributed by atoms with van der Waals surface area (Å²) in [5, 5.41) is 1.17. The highest BCUT2D eigenvalue weighted by molar-refractivity contribution is 7.93. The van der Waals surface area contributed by atoms with Crippen molar-refractivity contribution in [3.63, 3.8) is 0 Å². The first-order valence-corrected chi connectivity index (χ1v) is 8.74. The van der Waals surface area contributed by atoms with Crippen molar-refractivity contribution in [1.82, 2.24) is 4.98 Å². The number of nitrogens with two attached hydrogens (primary N) is 1. The predicted octanol–water partition coefficient (Wildman–Crippen LogP) is 2.63. The Morgan fingerprint density at radius 1 is 1.33 bits per heavy atom. The standard InChI is InChI=1S/C10H10F3N3O2S3/c11-10(12,13)21(17,18)16-9-15-7(5-19-9)8-2-1-6(20-8)3-4-14/h1-2,5H,3-4,14H2,(H,15,16). The summed E-state index contributed by atoms with van der Waals surface area (Å²) in [4.78, 5) is 5.63. The van der Waals surface area contributed by atoms with Gasteiger partial charge in [0.1, 0.15) is 0 Å². The van der Waals surface area contributed by atoms with E-state index in [1.165, 1.54) is 21.4 Å². The second-order valence-electron chi connectivity index (χ2n) is 3.89. The molecular weight excluding hydrogens is 347 g/mol. The van der Waals surface area contributed by atoms with Gasteiger partial charge in [-0.3, -0.25) is 4.72 Å². The first-order chi connectivity index (χ1) is 9.73. The van der Waals surface area contributed by atoms with Gasteiger partial charge in [0, 0.05) is 10.3 Å². The van der Waals surface area contributed by atoms with Gasteiger partial charge in [-0.2, -0.15) is 21.6 Å². The van der Waals surface area contributed by atoms with Gasteiger partial charge in [-0.25, -0.2) is 4.98 Å². The topological polar surface area (TPSA) is 85.1 Å². The molecule has 0 unspecified atom stereocenters. The smallest absolute Gasteiger partial charge is 0.330 e. The van der Waals surface area contributed by atoms with Crippen molar-refractivity contribution in [3.05, 3.63) is 22.4 Å². The highest BCUT2D eigenvalue weighted by Crippen LogP contribution is 2.32. The zero-order valence-electron chi connectivity index (χ0n) is 10.3. The van der Waals surface area contributed by atoms with Gasteiger partial charge in [0.2, 0.25) is 0 Å². The van der Waals surface area contributed by atoms with E-state index >= 15 is 0 Å². The molecule has 2 rings (SSSR count). The molecule has 2 aromatic heterocycles. The van der Waals surface area contributed by atoms with E-state index in [9.17, 15) is 21.6 Å². The van der Waals surface area contributed by atoms with Crippen molar-refractivity contribution in [3.8, 4) is 10.6 Å². The van der Waals surface area contributed by atoms with Gasteiger partial charge in [0.25, 0.3) is 0 Å². The van der Waals surface area contributed by atoms with Crippen LogP contribution in [-0.4, -0.2) is 25.5 Å². The van der Waals surface area contributed by atoms with Crippen molar-refractivity contribution >= 4 is 37.8 Å². The molecule has 0 bridgehead atoms. The Bertz CT molecular complexity index is 721. The fourth-order valence-corrected chi connectivity index (χ4v) is 3.92. The van der Waals surface area contributed by atoms with Crippen LogP contribution in [0.1, 0.15) is 4.88 Å².